The Kier molecular flexibility index (Phi) is 48.5. The van der Waals surface area contributed by atoms with E-state index in [-0.39, 0.29) is 24.9 Å². The van der Waals surface area contributed by atoms with Crippen molar-refractivity contribution in [2.75, 3.05) is 6.61 Å². The van der Waals surface area contributed by atoms with Crippen LogP contribution in [-0.4, -0.2) is 46.9 Å². The highest BCUT2D eigenvalue weighted by molar-refractivity contribution is 5.77. The van der Waals surface area contributed by atoms with E-state index >= 15 is 0 Å². The first kappa shape index (κ1) is 59.6. The molecule has 0 aliphatic heterocycles. The SMILES string of the molecule is CCCCCCCC/C=C/CCCCCCCCCC(=O)OC(CCCCCCCCCCCCCCCC)CC(=O)NC(CO)C(O)CCCCCCCCCCCCC. The summed E-state index contributed by atoms with van der Waals surface area (Å²) in [4.78, 5) is 26.2. The van der Waals surface area contributed by atoms with E-state index in [1.165, 1.54) is 212 Å². The molecule has 61 heavy (non-hydrogen) atoms. The van der Waals surface area contributed by atoms with Gasteiger partial charge in [0.25, 0.3) is 0 Å². The van der Waals surface area contributed by atoms with E-state index < -0.39 is 18.2 Å². The largest absolute Gasteiger partial charge is 0.462 e. The molecule has 0 spiro atoms. The van der Waals surface area contributed by atoms with Crippen molar-refractivity contribution in [2.24, 2.45) is 0 Å². The fraction of sp³-hybridized carbons (Fsp3) is 0.927. The molecule has 0 bridgehead atoms. The van der Waals surface area contributed by atoms with Gasteiger partial charge < -0.3 is 20.3 Å². The highest BCUT2D eigenvalue weighted by Gasteiger charge is 2.24. The second kappa shape index (κ2) is 49.6. The zero-order valence-corrected chi connectivity index (χ0v) is 41.3. The summed E-state index contributed by atoms with van der Waals surface area (Å²) in [6, 6.07) is -0.695. The van der Waals surface area contributed by atoms with Gasteiger partial charge in [-0.2, -0.15) is 0 Å². The Hall–Kier alpha value is -1.40. The Labute approximate surface area is 380 Å². The normalized spacial score (nSPS) is 13.2. The minimum atomic E-state index is -0.782. The van der Waals surface area contributed by atoms with E-state index in [0.717, 1.165) is 44.9 Å². The quantitative estimate of drug-likeness (QED) is 0.0322. The van der Waals surface area contributed by atoms with E-state index in [4.69, 9.17) is 4.74 Å². The molecular weight excluding hydrogens is 755 g/mol. The summed E-state index contributed by atoms with van der Waals surface area (Å²) in [6.07, 6.45) is 55.6. The lowest BCUT2D eigenvalue weighted by atomic mass is 10.0. The van der Waals surface area contributed by atoms with Gasteiger partial charge in [-0.1, -0.05) is 251 Å². The molecule has 0 rings (SSSR count). The molecule has 6 heteroatoms. The van der Waals surface area contributed by atoms with Gasteiger partial charge in [-0.05, 0) is 51.4 Å². The van der Waals surface area contributed by atoms with Gasteiger partial charge in [-0.3, -0.25) is 9.59 Å². The maximum atomic E-state index is 13.2. The van der Waals surface area contributed by atoms with Gasteiger partial charge in [-0.15, -0.1) is 0 Å². The fourth-order valence-electron chi connectivity index (χ4n) is 8.66. The summed E-state index contributed by atoms with van der Waals surface area (Å²) in [5, 5.41) is 23.8. The second-order valence-electron chi connectivity index (χ2n) is 19.0. The molecule has 0 fully saturated rings. The molecule has 3 unspecified atom stereocenters. The Bertz CT molecular complexity index is 924. The maximum Gasteiger partial charge on any atom is 0.306 e. The Morgan fingerprint density at radius 2 is 0.787 bits per heavy atom. The van der Waals surface area contributed by atoms with Crippen molar-refractivity contribution >= 4 is 11.9 Å². The van der Waals surface area contributed by atoms with Crippen LogP contribution in [0.2, 0.25) is 0 Å². The molecule has 0 aromatic rings. The molecule has 0 aromatic carbocycles. The molecule has 0 aromatic heterocycles. The summed E-state index contributed by atoms with van der Waals surface area (Å²) >= 11 is 0. The Balaban J connectivity index is 4.51. The summed E-state index contributed by atoms with van der Waals surface area (Å²) in [6.45, 7) is 6.50. The van der Waals surface area contributed by atoms with Crippen LogP contribution in [0.4, 0.5) is 0 Å². The lowest BCUT2D eigenvalue weighted by Gasteiger charge is -2.24. The number of amides is 1. The van der Waals surface area contributed by atoms with E-state index in [1.54, 1.807) is 0 Å². The molecule has 6 nitrogen and oxygen atoms in total. The summed E-state index contributed by atoms with van der Waals surface area (Å²) in [7, 11) is 0. The average Bonchev–Trinajstić information content (AvgIpc) is 3.25. The second-order valence-corrected chi connectivity index (χ2v) is 19.0. The predicted octanol–water partition coefficient (Wildman–Crippen LogP) is 16.5. The smallest absolute Gasteiger partial charge is 0.306 e. The lowest BCUT2D eigenvalue weighted by Crippen LogP contribution is -2.46. The van der Waals surface area contributed by atoms with Crippen LogP contribution < -0.4 is 5.32 Å². The van der Waals surface area contributed by atoms with Crippen molar-refractivity contribution in [1.82, 2.24) is 5.32 Å². The van der Waals surface area contributed by atoms with E-state index in [0.29, 0.717) is 19.3 Å². The van der Waals surface area contributed by atoms with Crippen molar-refractivity contribution in [2.45, 2.75) is 322 Å². The van der Waals surface area contributed by atoms with Crippen LogP contribution in [0, 0.1) is 0 Å². The average molecular weight is 862 g/mol. The zero-order valence-electron chi connectivity index (χ0n) is 41.3. The number of esters is 1. The van der Waals surface area contributed by atoms with Crippen molar-refractivity contribution in [1.29, 1.82) is 0 Å². The number of nitrogens with one attached hydrogen (secondary N) is 1. The molecule has 3 N–H and O–H groups in total. The van der Waals surface area contributed by atoms with Gasteiger partial charge in [0.15, 0.2) is 0 Å². The van der Waals surface area contributed by atoms with Crippen molar-refractivity contribution in [3.8, 4) is 0 Å². The number of unbranched alkanes of at least 4 members (excludes halogenated alkanes) is 36. The van der Waals surface area contributed by atoms with Gasteiger partial charge in [0.2, 0.25) is 5.91 Å². The summed E-state index contributed by atoms with van der Waals surface area (Å²) in [5.74, 6) is -0.459. The van der Waals surface area contributed by atoms with Gasteiger partial charge in [0, 0.05) is 6.42 Å². The molecule has 0 aliphatic carbocycles. The number of carbonyl (C=O) groups is 2. The molecule has 0 heterocycles. The molecule has 0 aliphatic rings. The van der Waals surface area contributed by atoms with Crippen LogP contribution in [0.25, 0.3) is 0 Å². The third-order valence-electron chi connectivity index (χ3n) is 12.8. The molecule has 0 radical (unpaired) electrons. The third kappa shape index (κ3) is 45.0. The predicted molar refractivity (Wildman–Crippen MR) is 264 cm³/mol. The third-order valence-corrected chi connectivity index (χ3v) is 12.8. The van der Waals surface area contributed by atoms with Gasteiger partial charge >= 0.3 is 5.97 Å². The monoisotopic (exact) mass is 862 g/mol. The molecular formula is C55H107NO5. The number of carbonyl (C=O) groups excluding carboxylic acids is 2. The van der Waals surface area contributed by atoms with Crippen LogP contribution in [-0.2, 0) is 14.3 Å². The number of ether oxygens (including phenoxy) is 1. The van der Waals surface area contributed by atoms with E-state index in [1.807, 2.05) is 0 Å². The molecule has 0 saturated carbocycles. The minimum Gasteiger partial charge on any atom is -0.462 e. The number of rotatable bonds is 50. The van der Waals surface area contributed by atoms with Crippen LogP contribution in [0.3, 0.4) is 0 Å². The number of aliphatic hydroxyl groups excluding tert-OH is 2. The standard InChI is InChI=1S/C55H107NO5/c1-4-7-10-13-16-19-22-24-26-27-28-30-33-36-39-42-45-48-55(60)61-51(46-43-40-37-34-32-29-25-23-20-17-14-11-8-5-2)49-54(59)56-52(50-57)53(58)47-44-41-38-35-31-21-18-15-12-9-6-3/h24,26,51-53,57-58H,4-23,25,27-50H2,1-3H3,(H,56,59)/b26-24+. The number of hydrogen-bond acceptors (Lipinski definition) is 5. The van der Waals surface area contributed by atoms with Crippen molar-refractivity contribution in [3.05, 3.63) is 12.2 Å². The number of aliphatic hydroxyl groups is 2. The van der Waals surface area contributed by atoms with E-state index in [2.05, 4.69) is 38.2 Å². The molecule has 3 atom stereocenters. The Morgan fingerprint density at radius 3 is 1.16 bits per heavy atom. The number of hydrogen-bond donors (Lipinski definition) is 3. The van der Waals surface area contributed by atoms with Gasteiger partial charge in [-0.25, -0.2) is 0 Å². The Morgan fingerprint density at radius 1 is 0.459 bits per heavy atom. The van der Waals surface area contributed by atoms with Crippen LogP contribution in [0.15, 0.2) is 12.2 Å². The van der Waals surface area contributed by atoms with Gasteiger partial charge in [0.05, 0.1) is 25.2 Å². The topological polar surface area (TPSA) is 95.9 Å². The van der Waals surface area contributed by atoms with Gasteiger partial charge in [0.1, 0.15) is 6.10 Å². The minimum absolute atomic E-state index is 0.0834. The first-order valence-corrected chi connectivity index (χ1v) is 27.4. The van der Waals surface area contributed by atoms with Crippen molar-refractivity contribution in [3.63, 3.8) is 0 Å². The highest BCUT2D eigenvalue weighted by Crippen LogP contribution is 2.19. The van der Waals surface area contributed by atoms with Crippen molar-refractivity contribution < 1.29 is 24.5 Å². The summed E-state index contributed by atoms with van der Waals surface area (Å²) in [5.41, 5.74) is 0. The maximum absolute atomic E-state index is 13.2. The summed E-state index contributed by atoms with van der Waals surface area (Å²) < 4.78 is 5.95. The first-order valence-electron chi connectivity index (χ1n) is 27.4. The highest BCUT2D eigenvalue weighted by atomic mass is 16.5. The molecule has 0 saturated heterocycles. The first-order chi connectivity index (χ1) is 30.0. The van der Waals surface area contributed by atoms with E-state index in [9.17, 15) is 19.8 Å². The molecule has 362 valence electrons. The lowest BCUT2D eigenvalue weighted by molar-refractivity contribution is -0.151. The van der Waals surface area contributed by atoms with Crippen LogP contribution in [0.1, 0.15) is 303 Å². The van der Waals surface area contributed by atoms with Crippen LogP contribution >= 0.6 is 0 Å². The van der Waals surface area contributed by atoms with Crippen LogP contribution in [0.5, 0.6) is 0 Å². The molecule has 1 amide bonds. The fourth-order valence-corrected chi connectivity index (χ4v) is 8.66. The zero-order chi connectivity index (χ0) is 44.5. The number of allylic oxidation sites excluding steroid dienone is 2.